The Hall–Kier alpha value is -6.10. The number of aromatic hydroxyl groups is 4. The Morgan fingerprint density at radius 3 is 1.89 bits per heavy atom. The van der Waals surface area contributed by atoms with E-state index in [0.29, 0.717) is 16.2 Å². The molecular weight excluding hydrogens is 786 g/mol. The molecule has 0 aliphatic heterocycles. The number of sulfonamides is 1. The second-order valence-corrected chi connectivity index (χ2v) is 16.2. The number of rotatable bonds is 16. The standard InChI is InChI=1S/C34H30FN4O13PS2/c35-24-15-23(4-1-21(24)17-36)52-53(46,47)18-39-55(48,49)32-14-22-13-29(50-9-7-37-33(44)19-2-5-25(40)27(42)11-19)30(16-31(22)54-32)51-10-8-38-34(45)20-3-6-26(41)28(43)12-20/h1-6,11-16,39-43H,7-10,18H2,(H,37,44)(H,38,45)(H,46,47). The first-order chi connectivity index (χ1) is 26.0. The van der Waals surface area contributed by atoms with Crippen molar-refractivity contribution in [3.8, 4) is 46.3 Å². The van der Waals surface area contributed by atoms with E-state index in [1.165, 1.54) is 30.3 Å². The van der Waals surface area contributed by atoms with Gasteiger partial charge in [0, 0.05) is 28.0 Å². The number of hydrogen-bond acceptors (Lipinski definition) is 14. The van der Waals surface area contributed by atoms with Crippen LogP contribution in [-0.4, -0.2) is 78.1 Å². The molecule has 2 amide bonds. The zero-order valence-electron chi connectivity index (χ0n) is 28.1. The van der Waals surface area contributed by atoms with Crippen molar-refractivity contribution in [3.63, 3.8) is 0 Å². The molecule has 1 atom stereocenters. The van der Waals surface area contributed by atoms with E-state index in [9.17, 15) is 52.3 Å². The molecule has 0 saturated heterocycles. The van der Waals surface area contributed by atoms with E-state index in [-0.39, 0.29) is 58.7 Å². The molecule has 0 fully saturated rings. The van der Waals surface area contributed by atoms with E-state index in [1.807, 2.05) is 4.72 Å². The third kappa shape index (κ3) is 10.3. The average Bonchev–Trinajstić information content (AvgIpc) is 3.57. The van der Waals surface area contributed by atoms with E-state index >= 15 is 0 Å². The Bertz CT molecular complexity index is 2360. The number of thiophene rings is 1. The third-order valence-corrected chi connectivity index (χ3v) is 11.6. The van der Waals surface area contributed by atoms with Gasteiger partial charge in [0.2, 0.25) is 0 Å². The predicted octanol–water partition coefficient (Wildman–Crippen LogP) is 3.85. The van der Waals surface area contributed by atoms with Gasteiger partial charge in [-0.25, -0.2) is 17.4 Å². The van der Waals surface area contributed by atoms with Crippen molar-refractivity contribution >= 4 is 50.9 Å². The van der Waals surface area contributed by atoms with Crippen LogP contribution in [-0.2, 0) is 14.6 Å². The molecule has 0 bridgehead atoms. The molecule has 0 saturated carbocycles. The first-order valence-corrected chi connectivity index (χ1v) is 19.8. The lowest BCUT2D eigenvalue weighted by Gasteiger charge is -2.14. The number of carbonyl (C=O) groups is 2. The second kappa shape index (κ2) is 16.9. The van der Waals surface area contributed by atoms with Crippen LogP contribution in [0.5, 0.6) is 40.2 Å². The van der Waals surface area contributed by atoms with Gasteiger partial charge in [-0.15, -0.1) is 11.3 Å². The molecule has 1 unspecified atom stereocenters. The Kier molecular flexibility index (Phi) is 12.3. The highest BCUT2D eigenvalue weighted by atomic mass is 32.2. The minimum Gasteiger partial charge on any atom is -0.504 e. The summed E-state index contributed by atoms with van der Waals surface area (Å²) in [5.41, 5.74) is -0.192. The summed E-state index contributed by atoms with van der Waals surface area (Å²) in [6.45, 7) is -0.324. The molecule has 0 spiro atoms. The highest BCUT2D eigenvalue weighted by Crippen LogP contribution is 2.43. The van der Waals surface area contributed by atoms with E-state index < -0.39 is 70.3 Å². The van der Waals surface area contributed by atoms with Crippen LogP contribution in [0.3, 0.4) is 0 Å². The number of carbonyl (C=O) groups excluding carboxylic acids is 2. The van der Waals surface area contributed by atoms with Crippen molar-refractivity contribution < 1.29 is 66.3 Å². The summed E-state index contributed by atoms with van der Waals surface area (Å²) < 4.78 is 71.7. The topological polar surface area (TPSA) is 274 Å². The average molecular weight is 817 g/mol. The monoisotopic (exact) mass is 816 g/mol. The Morgan fingerprint density at radius 2 is 1.36 bits per heavy atom. The SMILES string of the molecule is N#Cc1ccc(OP(=O)(O)CNS(=O)(=O)c2cc3cc(OCCNC(=O)c4ccc(O)c(O)c4)c(OCCNC(=O)c4ccc(O)c(O)c4)cc3s2)cc1F. The summed E-state index contributed by atoms with van der Waals surface area (Å²) in [5.74, 6) is -4.11. The maximum absolute atomic E-state index is 13.9. The summed E-state index contributed by atoms with van der Waals surface area (Å²) in [6.07, 6.45) is -1.08. The van der Waals surface area contributed by atoms with Gasteiger partial charge in [-0.2, -0.15) is 9.98 Å². The normalized spacial score (nSPS) is 12.3. The van der Waals surface area contributed by atoms with Crippen LogP contribution in [0, 0.1) is 17.1 Å². The number of phenols is 4. The van der Waals surface area contributed by atoms with Crippen LogP contribution >= 0.6 is 18.9 Å². The maximum atomic E-state index is 13.9. The number of halogens is 1. The van der Waals surface area contributed by atoms with Crippen LogP contribution in [0.1, 0.15) is 26.3 Å². The van der Waals surface area contributed by atoms with E-state index in [0.717, 1.165) is 47.7 Å². The first-order valence-electron chi connectivity index (χ1n) is 15.7. The van der Waals surface area contributed by atoms with Crippen LogP contribution in [0.25, 0.3) is 10.1 Å². The van der Waals surface area contributed by atoms with Crippen LogP contribution in [0.15, 0.2) is 77.0 Å². The number of amides is 2. The second-order valence-electron chi connectivity index (χ2n) is 11.3. The lowest BCUT2D eigenvalue weighted by atomic mass is 10.2. The molecular formula is C34H30FN4O13PS2. The molecule has 0 aliphatic carbocycles. The van der Waals surface area contributed by atoms with E-state index in [4.69, 9.17) is 19.3 Å². The maximum Gasteiger partial charge on any atom is 0.391 e. The van der Waals surface area contributed by atoms with Gasteiger partial charge in [0.05, 0.1) is 18.7 Å². The highest BCUT2D eigenvalue weighted by molar-refractivity contribution is 7.92. The molecule has 4 aromatic carbocycles. The number of benzene rings is 4. The molecule has 1 heterocycles. The third-order valence-electron chi connectivity index (χ3n) is 7.35. The number of nitrogens with one attached hydrogen (secondary N) is 3. The van der Waals surface area contributed by atoms with Gasteiger partial charge in [-0.1, -0.05) is 0 Å². The molecule has 8 N–H and O–H groups in total. The first kappa shape index (κ1) is 40.1. The fraction of sp³-hybridized carbons (Fsp3) is 0.147. The van der Waals surface area contributed by atoms with Gasteiger partial charge in [0.1, 0.15) is 41.3 Å². The summed E-state index contributed by atoms with van der Waals surface area (Å²) >= 11 is 0.776. The van der Waals surface area contributed by atoms with E-state index in [1.54, 1.807) is 6.07 Å². The molecule has 21 heteroatoms. The zero-order chi connectivity index (χ0) is 39.9. The summed E-state index contributed by atoms with van der Waals surface area (Å²) in [4.78, 5) is 35.2. The molecule has 55 heavy (non-hydrogen) atoms. The van der Waals surface area contributed by atoms with E-state index in [2.05, 4.69) is 10.6 Å². The Balaban J connectivity index is 1.28. The quantitative estimate of drug-likeness (QED) is 0.0399. The zero-order valence-corrected chi connectivity index (χ0v) is 30.6. The summed E-state index contributed by atoms with van der Waals surface area (Å²) in [5, 5.41) is 52.7. The molecule has 5 aromatic rings. The van der Waals surface area contributed by atoms with Crippen LogP contribution in [0.4, 0.5) is 4.39 Å². The van der Waals surface area contributed by atoms with Gasteiger partial charge in [-0.05, 0) is 66.0 Å². The largest absolute Gasteiger partial charge is 0.504 e. The van der Waals surface area contributed by atoms with Crippen LogP contribution in [0.2, 0.25) is 0 Å². The van der Waals surface area contributed by atoms with Crippen molar-refractivity contribution in [1.29, 1.82) is 5.26 Å². The number of hydrogen-bond donors (Lipinski definition) is 8. The highest BCUT2D eigenvalue weighted by Gasteiger charge is 2.27. The lowest BCUT2D eigenvalue weighted by Crippen LogP contribution is -2.28. The molecule has 0 aliphatic rings. The van der Waals surface area contributed by atoms with Crippen LogP contribution < -0.4 is 29.4 Å². The van der Waals surface area contributed by atoms with Gasteiger partial charge < -0.3 is 50.0 Å². The molecule has 5 rings (SSSR count). The minimum atomic E-state index is -4.70. The molecule has 0 radical (unpaired) electrons. The Morgan fingerprint density at radius 1 is 0.800 bits per heavy atom. The van der Waals surface area contributed by atoms with Gasteiger partial charge in [0.15, 0.2) is 34.5 Å². The van der Waals surface area contributed by atoms with Crippen molar-refractivity contribution in [1.82, 2.24) is 15.4 Å². The fourth-order valence-electron chi connectivity index (χ4n) is 4.64. The summed E-state index contributed by atoms with van der Waals surface area (Å²) in [7, 11) is -9.12. The number of nitriles is 1. The van der Waals surface area contributed by atoms with Crippen molar-refractivity contribution in [3.05, 3.63) is 95.3 Å². The molecule has 288 valence electrons. The van der Waals surface area contributed by atoms with Crippen molar-refractivity contribution in [2.75, 3.05) is 32.6 Å². The summed E-state index contributed by atoms with van der Waals surface area (Å²) in [6, 6.07) is 15.7. The Labute approximate surface area is 315 Å². The number of fused-ring (bicyclic) bond motifs is 1. The molecule has 1 aromatic heterocycles. The molecule has 17 nitrogen and oxygen atoms in total. The van der Waals surface area contributed by atoms with Crippen molar-refractivity contribution in [2.45, 2.75) is 4.21 Å². The van der Waals surface area contributed by atoms with Gasteiger partial charge in [0.25, 0.3) is 21.8 Å². The smallest absolute Gasteiger partial charge is 0.391 e. The number of ether oxygens (including phenoxy) is 2. The van der Waals surface area contributed by atoms with Gasteiger partial charge in [-0.3, -0.25) is 9.59 Å². The van der Waals surface area contributed by atoms with Gasteiger partial charge >= 0.3 is 7.60 Å². The predicted molar refractivity (Wildman–Crippen MR) is 194 cm³/mol. The van der Waals surface area contributed by atoms with Crippen molar-refractivity contribution in [2.24, 2.45) is 0 Å². The fourth-order valence-corrected chi connectivity index (χ4v) is 8.60. The minimum absolute atomic E-state index is 0.0418. The number of phenolic OH excluding ortho intramolecular Hbond substituents is 4. The lowest BCUT2D eigenvalue weighted by molar-refractivity contribution is 0.0936. The number of nitrogens with zero attached hydrogens (tertiary/aromatic N) is 1.